The van der Waals surface area contributed by atoms with Crippen LogP contribution in [0.15, 0.2) is 18.3 Å². The lowest BCUT2D eigenvalue weighted by Gasteiger charge is -2.26. The third-order valence-electron chi connectivity index (χ3n) is 3.02. The molecular formula is C14H23N. The predicted molar refractivity (Wildman–Crippen MR) is 66.1 cm³/mol. The van der Waals surface area contributed by atoms with Crippen molar-refractivity contribution in [2.45, 2.75) is 52.9 Å². The lowest BCUT2D eigenvalue weighted by atomic mass is 9.79. The second-order valence-corrected chi connectivity index (χ2v) is 5.50. The van der Waals surface area contributed by atoms with Gasteiger partial charge in [-0.3, -0.25) is 4.98 Å². The molecule has 0 radical (unpaired) electrons. The quantitative estimate of drug-likeness (QED) is 0.721. The Labute approximate surface area is 93.9 Å². The summed E-state index contributed by atoms with van der Waals surface area (Å²) in [5.74, 6) is 0.784. The summed E-state index contributed by atoms with van der Waals surface area (Å²) >= 11 is 0. The second kappa shape index (κ2) is 4.78. The summed E-state index contributed by atoms with van der Waals surface area (Å²) in [5, 5.41) is 0. The molecule has 84 valence electrons. The van der Waals surface area contributed by atoms with Crippen molar-refractivity contribution in [1.29, 1.82) is 0 Å². The normalized spacial score (nSPS) is 12.1. The average molecular weight is 205 g/mol. The van der Waals surface area contributed by atoms with E-state index in [1.807, 2.05) is 6.20 Å². The van der Waals surface area contributed by atoms with E-state index in [-0.39, 0.29) is 5.41 Å². The van der Waals surface area contributed by atoms with Gasteiger partial charge in [0, 0.05) is 11.9 Å². The van der Waals surface area contributed by atoms with Crippen molar-refractivity contribution in [2.75, 3.05) is 0 Å². The molecule has 1 aromatic rings. The summed E-state index contributed by atoms with van der Waals surface area (Å²) in [6.45, 7) is 11.3. The molecular weight excluding hydrogens is 182 g/mol. The van der Waals surface area contributed by atoms with Crippen LogP contribution in [0.5, 0.6) is 0 Å². The molecule has 1 heterocycles. The van der Waals surface area contributed by atoms with Crippen molar-refractivity contribution < 1.29 is 0 Å². The van der Waals surface area contributed by atoms with Crippen molar-refractivity contribution >= 4 is 0 Å². The van der Waals surface area contributed by atoms with Crippen molar-refractivity contribution in [3.63, 3.8) is 0 Å². The zero-order valence-corrected chi connectivity index (χ0v) is 10.7. The summed E-state index contributed by atoms with van der Waals surface area (Å²) in [6.07, 6.45) is 4.45. The highest BCUT2D eigenvalue weighted by Crippen LogP contribution is 2.29. The summed E-state index contributed by atoms with van der Waals surface area (Å²) < 4.78 is 0. The Balaban J connectivity index is 2.76. The maximum absolute atomic E-state index is 4.25. The minimum Gasteiger partial charge on any atom is -0.262 e. The summed E-state index contributed by atoms with van der Waals surface area (Å²) in [6, 6.07) is 4.35. The van der Waals surface area contributed by atoms with Crippen LogP contribution in [0, 0.1) is 12.8 Å². The summed E-state index contributed by atoms with van der Waals surface area (Å²) in [4.78, 5) is 4.25. The Morgan fingerprint density at radius 2 is 2.00 bits per heavy atom. The number of hydrogen-bond donors (Lipinski definition) is 0. The molecule has 0 aliphatic carbocycles. The fraction of sp³-hybridized carbons (Fsp3) is 0.643. The molecule has 0 amide bonds. The minimum atomic E-state index is 0.276. The Bertz CT molecular complexity index is 313. The van der Waals surface area contributed by atoms with Crippen LogP contribution >= 0.6 is 0 Å². The van der Waals surface area contributed by atoms with E-state index in [1.54, 1.807) is 0 Å². The summed E-state index contributed by atoms with van der Waals surface area (Å²) in [7, 11) is 0. The zero-order valence-electron chi connectivity index (χ0n) is 10.7. The molecule has 0 aromatic carbocycles. The number of aromatic nitrogens is 1. The van der Waals surface area contributed by atoms with Gasteiger partial charge in [-0.05, 0) is 42.4 Å². The fourth-order valence-electron chi connectivity index (χ4n) is 1.76. The SMILES string of the molecule is Cc1cc(C(C)(C)CCC(C)C)ccn1. The first-order chi connectivity index (χ1) is 6.92. The highest BCUT2D eigenvalue weighted by Gasteiger charge is 2.20. The molecule has 0 saturated carbocycles. The van der Waals surface area contributed by atoms with Gasteiger partial charge in [0.1, 0.15) is 0 Å². The lowest BCUT2D eigenvalue weighted by Crippen LogP contribution is -2.18. The van der Waals surface area contributed by atoms with E-state index in [0.29, 0.717) is 0 Å². The van der Waals surface area contributed by atoms with Gasteiger partial charge in [-0.1, -0.05) is 34.1 Å². The van der Waals surface area contributed by atoms with Crippen LogP contribution in [-0.2, 0) is 5.41 Å². The van der Waals surface area contributed by atoms with Gasteiger partial charge in [0.05, 0.1) is 0 Å². The van der Waals surface area contributed by atoms with E-state index < -0.39 is 0 Å². The molecule has 0 bridgehead atoms. The third-order valence-corrected chi connectivity index (χ3v) is 3.02. The number of hydrogen-bond acceptors (Lipinski definition) is 1. The Hall–Kier alpha value is -0.850. The first kappa shape index (κ1) is 12.2. The Kier molecular flexibility index (Phi) is 3.90. The molecule has 0 N–H and O–H groups in total. The molecule has 0 fully saturated rings. The second-order valence-electron chi connectivity index (χ2n) is 5.50. The Morgan fingerprint density at radius 3 is 2.53 bits per heavy atom. The molecule has 0 aliphatic rings. The largest absolute Gasteiger partial charge is 0.262 e. The topological polar surface area (TPSA) is 12.9 Å². The van der Waals surface area contributed by atoms with Crippen LogP contribution in [0.2, 0.25) is 0 Å². The van der Waals surface area contributed by atoms with Gasteiger partial charge >= 0.3 is 0 Å². The van der Waals surface area contributed by atoms with Gasteiger partial charge in [0.2, 0.25) is 0 Å². The molecule has 1 nitrogen and oxygen atoms in total. The minimum absolute atomic E-state index is 0.276. The standard InChI is InChI=1S/C14H23N/c1-11(2)6-8-14(4,5)13-7-9-15-12(3)10-13/h7,9-11H,6,8H2,1-5H3. The number of aryl methyl sites for hydroxylation is 1. The van der Waals surface area contributed by atoms with Crippen molar-refractivity contribution in [1.82, 2.24) is 4.98 Å². The maximum Gasteiger partial charge on any atom is 0.0375 e. The van der Waals surface area contributed by atoms with Crippen LogP contribution in [0.3, 0.4) is 0 Å². The Morgan fingerprint density at radius 1 is 1.33 bits per heavy atom. The highest BCUT2D eigenvalue weighted by atomic mass is 14.6. The van der Waals surface area contributed by atoms with Crippen LogP contribution in [0.25, 0.3) is 0 Å². The number of pyridine rings is 1. The molecule has 0 unspecified atom stereocenters. The van der Waals surface area contributed by atoms with Crippen LogP contribution in [0.4, 0.5) is 0 Å². The number of rotatable bonds is 4. The van der Waals surface area contributed by atoms with Crippen LogP contribution in [-0.4, -0.2) is 4.98 Å². The molecule has 0 aliphatic heterocycles. The van der Waals surface area contributed by atoms with E-state index in [9.17, 15) is 0 Å². The third kappa shape index (κ3) is 3.65. The molecule has 0 saturated heterocycles. The zero-order chi connectivity index (χ0) is 11.5. The van der Waals surface area contributed by atoms with E-state index in [0.717, 1.165) is 11.6 Å². The van der Waals surface area contributed by atoms with Crippen molar-refractivity contribution in [3.05, 3.63) is 29.6 Å². The first-order valence-corrected chi connectivity index (χ1v) is 5.85. The highest BCUT2D eigenvalue weighted by molar-refractivity contribution is 5.23. The van der Waals surface area contributed by atoms with Crippen LogP contribution in [0.1, 0.15) is 51.8 Å². The van der Waals surface area contributed by atoms with Gasteiger partial charge in [-0.15, -0.1) is 0 Å². The maximum atomic E-state index is 4.25. The average Bonchev–Trinajstić information content (AvgIpc) is 2.15. The van der Waals surface area contributed by atoms with Gasteiger partial charge < -0.3 is 0 Å². The van der Waals surface area contributed by atoms with Gasteiger partial charge in [0.25, 0.3) is 0 Å². The molecule has 0 atom stereocenters. The molecule has 15 heavy (non-hydrogen) atoms. The van der Waals surface area contributed by atoms with E-state index in [4.69, 9.17) is 0 Å². The lowest BCUT2D eigenvalue weighted by molar-refractivity contribution is 0.414. The van der Waals surface area contributed by atoms with Crippen molar-refractivity contribution in [2.24, 2.45) is 5.92 Å². The van der Waals surface area contributed by atoms with Crippen LogP contribution < -0.4 is 0 Å². The fourth-order valence-corrected chi connectivity index (χ4v) is 1.76. The van der Waals surface area contributed by atoms with Crippen molar-refractivity contribution in [3.8, 4) is 0 Å². The monoisotopic (exact) mass is 205 g/mol. The molecule has 0 spiro atoms. The molecule has 1 aromatic heterocycles. The smallest absolute Gasteiger partial charge is 0.0375 e. The van der Waals surface area contributed by atoms with Gasteiger partial charge in [-0.2, -0.15) is 0 Å². The van der Waals surface area contributed by atoms with E-state index in [2.05, 4.69) is 51.7 Å². The predicted octanol–water partition coefficient (Wildman–Crippen LogP) is 4.10. The molecule has 1 rings (SSSR count). The van der Waals surface area contributed by atoms with E-state index in [1.165, 1.54) is 18.4 Å². The first-order valence-electron chi connectivity index (χ1n) is 5.85. The van der Waals surface area contributed by atoms with Gasteiger partial charge in [-0.25, -0.2) is 0 Å². The summed E-state index contributed by atoms with van der Waals surface area (Å²) in [5.41, 5.74) is 2.80. The number of nitrogens with zero attached hydrogens (tertiary/aromatic N) is 1. The van der Waals surface area contributed by atoms with E-state index >= 15 is 0 Å². The molecule has 1 heteroatoms. The van der Waals surface area contributed by atoms with Gasteiger partial charge in [0.15, 0.2) is 0 Å².